The fourth-order valence-electron chi connectivity index (χ4n) is 3.22. The molecule has 0 saturated carbocycles. The molecule has 2 aromatic heterocycles. The lowest BCUT2D eigenvalue weighted by Gasteiger charge is -2.06. The highest BCUT2D eigenvalue weighted by atomic mass is 35.5. The second-order valence-electron chi connectivity index (χ2n) is 7.39. The smallest absolute Gasteiger partial charge is 0.331 e. The SMILES string of the molecule is Cc1nn(Cc2ccc(Cl)cc2Cl)c(Cl)c1C=CC(=O)OCC(=O)c1cc(C)n(C)c1C. The summed E-state index contributed by atoms with van der Waals surface area (Å²) < 4.78 is 8.60. The third kappa shape index (κ3) is 5.26. The number of ketones is 1. The van der Waals surface area contributed by atoms with Gasteiger partial charge in [0.1, 0.15) is 5.15 Å². The first-order valence-electron chi connectivity index (χ1n) is 9.76. The quantitative estimate of drug-likeness (QED) is 0.244. The minimum absolute atomic E-state index is 0.255. The molecule has 0 spiro atoms. The topological polar surface area (TPSA) is 66.1 Å². The second kappa shape index (κ2) is 9.94. The van der Waals surface area contributed by atoms with Gasteiger partial charge in [0, 0.05) is 45.7 Å². The van der Waals surface area contributed by atoms with E-state index in [4.69, 9.17) is 39.5 Å². The summed E-state index contributed by atoms with van der Waals surface area (Å²) in [6, 6.07) is 6.98. The maximum Gasteiger partial charge on any atom is 0.331 e. The van der Waals surface area contributed by atoms with Gasteiger partial charge >= 0.3 is 5.97 Å². The van der Waals surface area contributed by atoms with Crippen molar-refractivity contribution in [3.05, 3.63) is 79.3 Å². The highest BCUT2D eigenvalue weighted by molar-refractivity contribution is 6.35. The van der Waals surface area contributed by atoms with Gasteiger partial charge in [-0.05, 0) is 50.6 Å². The molecular formula is C23H22Cl3N3O3. The van der Waals surface area contributed by atoms with Crippen molar-refractivity contribution < 1.29 is 14.3 Å². The summed E-state index contributed by atoms with van der Waals surface area (Å²) in [6.07, 6.45) is 2.75. The van der Waals surface area contributed by atoms with Crippen LogP contribution in [0.1, 0.15) is 38.6 Å². The number of benzene rings is 1. The summed E-state index contributed by atoms with van der Waals surface area (Å²) in [4.78, 5) is 24.5. The Morgan fingerprint density at radius 2 is 1.84 bits per heavy atom. The lowest BCUT2D eigenvalue weighted by atomic mass is 10.1. The molecule has 0 amide bonds. The summed E-state index contributed by atoms with van der Waals surface area (Å²) in [5.74, 6) is -0.901. The van der Waals surface area contributed by atoms with Crippen LogP contribution >= 0.6 is 34.8 Å². The van der Waals surface area contributed by atoms with Gasteiger partial charge in [0.2, 0.25) is 5.78 Å². The van der Waals surface area contributed by atoms with Crippen LogP contribution in [0.25, 0.3) is 6.08 Å². The highest BCUT2D eigenvalue weighted by Gasteiger charge is 2.16. The van der Waals surface area contributed by atoms with Crippen molar-refractivity contribution in [2.24, 2.45) is 7.05 Å². The maximum absolute atomic E-state index is 12.4. The molecular weight excluding hydrogens is 473 g/mol. The number of aromatic nitrogens is 3. The van der Waals surface area contributed by atoms with Crippen molar-refractivity contribution in [1.82, 2.24) is 14.3 Å². The van der Waals surface area contributed by atoms with Crippen LogP contribution < -0.4 is 0 Å². The molecule has 0 unspecified atom stereocenters. The summed E-state index contributed by atoms with van der Waals surface area (Å²) in [7, 11) is 1.88. The third-order valence-electron chi connectivity index (χ3n) is 5.25. The number of esters is 1. The van der Waals surface area contributed by atoms with Crippen molar-refractivity contribution in [2.75, 3.05) is 6.61 Å². The number of carbonyl (C=O) groups excluding carboxylic acids is 2. The number of ether oxygens (including phenoxy) is 1. The number of Topliss-reactive ketones (excluding diaryl/α,β-unsaturated/α-hetero) is 1. The van der Waals surface area contributed by atoms with Crippen LogP contribution in [0.5, 0.6) is 0 Å². The minimum atomic E-state index is -0.646. The molecule has 32 heavy (non-hydrogen) atoms. The molecule has 0 aliphatic carbocycles. The molecule has 0 aliphatic heterocycles. The molecule has 0 aliphatic rings. The number of nitrogens with zero attached hydrogens (tertiary/aromatic N) is 3. The van der Waals surface area contributed by atoms with Crippen molar-refractivity contribution in [2.45, 2.75) is 27.3 Å². The Balaban J connectivity index is 1.66. The number of carbonyl (C=O) groups is 2. The van der Waals surface area contributed by atoms with E-state index >= 15 is 0 Å². The summed E-state index contributed by atoms with van der Waals surface area (Å²) >= 11 is 18.6. The zero-order valence-electron chi connectivity index (χ0n) is 18.1. The molecule has 0 bridgehead atoms. The third-order valence-corrected chi connectivity index (χ3v) is 6.24. The van der Waals surface area contributed by atoms with Gasteiger partial charge in [-0.3, -0.25) is 4.79 Å². The molecule has 0 radical (unpaired) electrons. The number of aryl methyl sites for hydroxylation is 2. The predicted molar refractivity (Wildman–Crippen MR) is 127 cm³/mol. The monoisotopic (exact) mass is 493 g/mol. The average molecular weight is 495 g/mol. The first kappa shape index (κ1) is 24.1. The Labute approximate surface area is 201 Å². The molecule has 1 aromatic carbocycles. The van der Waals surface area contributed by atoms with Crippen molar-refractivity contribution in [3.63, 3.8) is 0 Å². The van der Waals surface area contributed by atoms with E-state index in [1.165, 1.54) is 12.2 Å². The van der Waals surface area contributed by atoms with Gasteiger partial charge < -0.3 is 9.30 Å². The van der Waals surface area contributed by atoms with Gasteiger partial charge in [-0.1, -0.05) is 40.9 Å². The lowest BCUT2D eigenvalue weighted by molar-refractivity contribution is -0.136. The molecule has 3 aromatic rings. The largest absolute Gasteiger partial charge is 0.454 e. The molecule has 0 saturated heterocycles. The highest BCUT2D eigenvalue weighted by Crippen LogP contribution is 2.26. The molecule has 6 nitrogen and oxygen atoms in total. The van der Waals surface area contributed by atoms with Crippen LogP contribution in [0.2, 0.25) is 15.2 Å². The van der Waals surface area contributed by atoms with E-state index < -0.39 is 5.97 Å². The van der Waals surface area contributed by atoms with Crippen LogP contribution in [0, 0.1) is 20.8 Å². The Bertz CT molecular complexity index is 1230. The van der Waals surface area contributed by atoms with Gasteiger partial charge in [-0.25, -0.2) is 9.48 Å². The molecule has 168 valence electrons. The first-order valence-corrected chi connectivity index (χ1v) is 10.9. The van der Waals surface area contributed by atoms with E-state index in [0.29, 0.717) is 38.6 Å². The zero-order valence-corrected chi connectivity index (χ0v) is 20.3. The molecule has 9 heteroatoms. The van der Waals surface area contributed by atoms with Gasteiger partial charge in [0.15, 0.2) is 6.61 Å². The van der Waals surface area contributed by atoms with Crippen molar-refractivity contribution >= 4 is 52.6 Å². The van der Waals surface area contributed by atoms with E-state index in [-0.39, 0.29) is 12.4 Å². The Morgan fingerprint density at radius 1 is 1.12 bits per heavy atom. The summed E-state index contributed by atoms with van der Waals surface area (Å²) in [5, 5.41) is 5.82. The Kier molecular flexibility index (Phi) is 7.49. The van der Waals surface area contributed by atoms with Crippen LogP contribution in [0.3, 0.4) is 0 Å². The number of hydrogen-bond donors (Lipinski definition) is 0. The van der Waals surface area contributed by atoms with E-state index in [1.807, 2.05) is 25.5 Å². The minimum Gasteiger partial charge on any atom is -0.454 e. The van der Waals surface area contributed by atoms with Crippen LogP contribution in [-0.2, 0) is 23.1 Å². The summed E-state index contributed by atoms with van der Waals surface area (Å²) in [5.41, 5.74) is 4.35. The summed E-state index contributed by atoms with van der Waals surface area (Å²) in [6.45, 7) is 5.54. The van der Waals surface area contributed by atoms with Crippen LogP contribution in [0.4, 0.5) is 0 Å². The zero-order chi connectivity index (χ0) is 23.6. The lowest BCUT2D eigenvalue weighted by Crippen LogP contribution is -2.13. The van der Waals surface area contributed by atoms with Crippen molar-refractivity contribution in [1.29, 1.82) is 0 Å². The Hall–Kier alpha value is -2.54. The van der Waals surface area contributed by atoms with Crippen LogP contribution in [0.15, 0.2) is 30.3 Å². The van der Waals surface area contributed by atoms with Crippen LogP contribution in [-0.4, -0.2) is 32.7 Å². The van der Waals surface area contributed by atoms with E-state index in [1.54, 1.807) is 35.9 Å². The first-order chi connectivity index (χ1) is 15.1. The normalized spacial score (nSPS) is 11.3. The van der Waals surface area contributed by atoms with Gasteiger partial charge in [-0.15, -0.1) is 0 Å². The Morgan fingerprint density at radius 3 is 2.47 bits per heavy atom. The van der Waals surface area contributed by atoms with Gasteiger partial charge in [0.05, 0.1) is 12.2 Å². The molecule has 0 atom stereocenters. The number of halogens is 3. The van der Waals surface area contributed by atoms with E-state index in [2.05, 4.69) is 5.10 Å². The maximum atomic E-state index is 12.4. The van der Waals surface area contributed by atoms with Gasteiger partial charge in [-0.2, -0.15) is 5.10 Å². The molecule has 0 fully saturated rings. The van der Waals surface area contributed by atoms with E-state index in [9.17, 15) is 9.59 Å². The fraction of sp³-hybridized carbons (Fsp3) is 0.261. The van der Waals surface area contributed by atoms with Gasteiger partial charge in [0.25, 0.3) is 0 Å². The fourth-order valence-corrected chi connectivity index (χ4v) is 3.99. The molecule has 0 N–H and O–H groups in total. The van der Waals surface area contributed by atoms with Crippen molar-refractivity contribution in [3.8, 4) is 0 Å². The number of hydrogen-bond acceptors (Lipinski definition) is 4. The molecule has 3 rings (SSSR count). The second-order valence-corrected chi connectivity index (χ2v) is 8.59. The van der Waals surface area contributed by atoms with E-state index in [0.717, 1.165) is 17.0 Å². The average Bonchev–Trinajstić information content (AvgIpc) is 3.16. The standard InChI is InChI=1S/C23H22Cl3N3O3/c1-13-9-19(15(3)28(13)4)21(30)12-32-22(31)8-7-18-14(2)27-29(23(18)26)11-16-5-6-17(24)10-20(16)25/h5-10H,11-12H2,1-4H3. The number of rotatable bonds is 7. The molecule has 2 heterocycles. The predicted octanol–water partition coefficient (Wildman–Crippen LogP) is 5.59.